The van der Waals surface area contributed by atoms with Gasteiger partial charge in [-0.2, -0.15) is 0 Å². The fourth-order valence-corrected chi connectivity index (χ4v) is 17.6. The van der Waals surface area contributed by atoms with Crippen LogP contribution in [-0.4, -0.2) is 103 Å². The number of H-pyrrole nitrogens is 2. The summed E-state index contributed by atoms with van der Waals surface area (Å²) in [6, 6.07) is 44.4. The predicted octanol–water partition coefficient (Wildman–Crippen LogP) is 7.40. The number of phosphoric acid groups is 1. The van der Waals surface area contributed by atoms with Crippen LogP contribution in [-0.2, 0) is 37.9 Å². The summed E-state index contributed by atoms with van der Waals surface area (Å²) < 4.78 is 70.8. The van der Waals surface area contributed by atoms with Crippen molar-refractivity contribution in [3.63, 3.8) is 0 Å². The zero-order chi connectivity index (χ0) is 61.9. The van der Waals surface area contributed by atoms with E-state index in [9.17, 15) is 24.1 Å². The molecule has 22 heteroatoms. The highest BCUT2D eigenvalue weighted by Crippen LogP contribution is 2.53. The van der Waals surface area contributed by atoms with Crippen molar-refractivity contribution in [2.75, 3.05) is 40.5 Å². The van der Waals surface area contributed by atoms with Gasteiger partial charge >= 0.3 is 19.2 Å². The minimum Gasteiger partial charge on any atom is -0.497 e. The van der Waals surface area contributed by atoms with Gasteiger partial charge in [-0.15, -0.1) is 0 Å². The lowest BCUT2D eigenvalue weighted by molar-refractivity contribution is -0.0998. The second-order valence-electron chi connectivity index (χ2n) is 22.9. The number of aryl methyl sites for hydroxylation is 2. The van der Waals surface area contributed by atoms with Crippen LogP contribution in [0.4, 0.5) is 0 Å². The Kier molecular flexibility index (Phi) is 21.0. The van der Waals surface area contributed by atoms with Crippen molar-refractivity contribution < 1.29 is 46.6 Å². The van der Waals surface area contributed by atoms with E-state index in [-0.39, 0.29) is 37.0 Å². The number of methoxy groups -OCH3 is 2. The topological polar surface area (TPSA) is 259 Å². The van der Waals surface area contributed by atoms with Gasteiger partial charge in [-0.1, -0.05) is 148 Å². The average molecular weight is 1230 g/mol. The Hall–Kier alpha value is -7.11. The summed E-state index contributed by atoms with van der Waals surface area (Å²) in [7, 11) is -5.61. The fourth-order valence-electron chi connectivity index (χ4n) is 11.7. The molecule has 6 N–H and O–H groups in total. The summed E-state index contributed by atoms with van der Waals surface area (Å²) >= 11 is 0. The molecule has 20 nitrogen and oxygen atoms in total. The standard InChI is InChI=1S/C65H79N6O14PSi/c1-44-41-70(62(74)68-60(44)72)57-39-54(56(81-57)43-80-65(46-21-12-8-13-22-46,47-28-32-49(78-6)33-29-47)48-30-34-50(79-7)35-31-48)84-86(76,77)83-53(27-18-11-19-37-67-38-20-36-66)59-55(40-58(82-59)71-42-45(2)61(73)69-63(71)75)85-87(64(3,4)5,51-23-14-9-15-24-51)52-25-16-10-17-26-52/h8-18,21-26,28-35,41-42,53-59,67H,19-20,27,36-40,43,66H2,1-7H3,(H,76,77)(H,68,72,74)(H,69,73,75)/b18-11+/t53-,54-,55-,56+,57+,58+,59+/m0/s1. The largest absolute Gasteiger partial charge is 0.497 e. The third-order valence-corrected chi connectivity index (χ3v) is 22.2. The number of rotatable bonds is 27. The van der Waals surface area contributed by atoms with E-state index >= 15 is 4.57 Å². The molecule has 462 valence electrons. The number of hydrogen-bond donors (Lipinski definition) is 5. The molecule has 2 aliphatic heterocycles. The number of aromatic nitrogens is 4. The van der Waals surface area contributed by atoms with Crippen LogP contribution in [0.5, 0.6) is 11.5 Å². The van der Waals surface area contributed by atoms with E-state index in [2.05, 4.69) is 36.1 Å². The molecule has 2 aliphatic rings. The lowest BCUT2D eigenvalue weighted by Crippen LogP contribution is -2.68. The van der Waals surface area contributed by atoms with E-state index < -0.39 is 92.3 Å². The van der Waals surface area contributed by atoms with Gasteiger partial charge in [-0.3, -0.25) is 37.7 Å². The number of benzene rings is 5. The number of ether oxygens (including phenoxy) is 5. The smallest absolute Gasteiger partial charge is 0.472 e. The Labute approximate surface area is 507 Å². The molecule has 0 bridgehead atoms. The number of phosphoric ester groups is 1. The fraction of sp³-hybridized carbons (Fsp3) is 0.385. The van der Waals surface area contributed by atoms with Gasteiger partial charge in [-0.25, -0.2) is 14.2 Å². The van der Waals surface area contributed by atoms with Gasteiger partial charge in [-0.05, 0) is 109 Å². The molecule has 0 radical (unpaired) electrons. The Morgan fingerprint density at radius 2 is 1.20 bits per heavy atom. The van der Waals surface area contributed by atoms with Crippen LogP contribution >= 0.6 is 7.82 Å². The first-order chi connectivity index (χ1) is 41.8. The first-order valence-corrected chi connectivity index (χ1v) is 32.7. The van der Waals surface area contributed by atoms with Crippen LogP contribution in [0.1, 0.15) is 93.1 Å². The molecule has 9 rings (SSSR count). The van der Waals surface area contributed by atoms with Crippen LogP contribution in [0.25, 0.3) is 0 Å². The SMILES string of the molecule is COc1ccc(C(OC[C@H]2O[C@@H](n3cc(C)c(=O)[nH]c3=O)C[C@@H]2OP(=O)(O)O[C@@H](C/C=C/CCNCCCN)[C@H]2O[C@@H](n3cc(C)c(=O)[nH]c3=O)C[C@@H]2O[Si](c2ccccc2)(c2ccccc2)C(C)(C)C)(c2ccccc2)c2ccc(OC)cc2)cc1. The van der Waals surface area contributed by atoms with Gasteiger partial charge in [0.05, 0.1) is 26.9 Å². The molecule has 4 heterocycles. The van der Waals surface area contributed by atoms with Crippen molar-refractivity contribution in [1.82, 2.24) is 24.4 Å². The molecule has 87 heavy (non-hydrogen) atoms. The van der Waals surface area contributed by atoms with Gasteiger partial charge in [0.1, 0.15) is 54.0 Å². The lowest BCUT2D eigenvalue weighted by Gasteiger charge is -2.45. The zero-order valence-electron chi connectivity index (χ0n) is 50.2. The quantitative estimate of drug-likeness (QED) is 0.0111. The number of nitrogens with zero attached hydrogens (tertiary/aromatic N) is 2. The van der Waals surface area contributed by atoms with Crippen molar-refractivity contribution in [2.24, 2.45) is 5.73 Å². The summed E-state index contributed by atoms with van der Waals surface area (Å²) in [4.78, 5) is 70.3. The van der Waals surface area contributed by atoms with Crippen molar-refractivity contribution in [2.45, 2.75) is 120 Å². The van der Waals surface area contributed by atoms with Crippen molar-refractivity contribution in [3.05, 3.63) is 234 Å². The molecule has 0 saturated carbocycles. The number of nitrogens with two attached hydrogens (primary N) is 1. The van der Waals surface area contributed by atoms with Crippen LogP contribution in [0.2, 0.25) is 5.04 Å². The summed E-state index contributed by atoms with van der Waals surface area (Å²) in [5, 5.41) is 4.73. The Morgan fingerprint density at radius 1 is 0.701 bits per heavy atom. The number of nitrogens with one attached hydrogen (secondary N) is 3. The highest BCUT2D eigenvalue weighted by Gasteiger charge is 2.56. The maximum absolute atomic E-state index is 15.4. The van der Waals surface area contributed by atoms with E-state index in [0.717, 1.165) is 28.9 Å². The maximum Gasteiger partial charge on any atom is 0.472 e. The molecular formula is C65H79N6O14PSi. The van der Waals surface area contributed by atoms with Crippen LogP contribution in [0.15, 0.2) is 183 Å². The Morgan fingerprint density at radius 3 is 1.70 bits per heavy atom. The van der Waals surface area contributed by atoms with Crippen molar-refractivity contribution in [1.29, 1.82) is 0 Å². The Bertz CT molecular complexity index is 3620. The molecular weight excluding hydrogens is 1150 g/mol. The van der Waals surface area contributed by atoms with Gasteiger partial charge in [0.2, 0.25) is 0 Å². The number of aromatic amines is 2. The van der Waals surface area contributed by atoms with E-state index in [4.69, 9.17) is 42.9 Å². The molecule has 2 saturated heterocycles. The number of hydrogen-bond acceptors (Lipinski definition) is 15. The van der Waals surface area contributed by atoms with E-state index in [1.54, 1.807) is 28.1 Å². The zero-order valence-corrected chi connectivity index (χ0v) is 52.1. The molecule has 5 aromatic carbocycles. The maximum atomic E-state index is 15.4. The highest BCUT2D eigenvalue weighted by atomic mass is 31.2. The Balaban J connectivity index is 1.13. The van der Waals surface area contributed by atoms with Gasteiger partial charge in [0, 0.05) is 36.4 Å². The third kappa shape index (κ3) is 14.6. The molecule has 7 aromatic rings. The second kappa shape index (κ2) is 28.4. The molecule has 2 aromatic heterocycles. The second-order valence-corrected chi connectivity index (χ2v) is 28.5. The summed E-state index contributed by atoms with van der Waals surface area (Å²) in [6.45, 7) is 11.1. The summed E-state index contributed by atoms with van der Waals surface area (Å²) in [5.41, 5.74) is 4.34. The molecule has 0 spiro atoms. The van der Waals surface area contributed by atoms with Crippen LogP contribution in [0, 0.1) is 13.8 Å². The van der Waals surface area contributed by atoms with Gasteiger partial charge in [0.15, 0.2) is 0 Å². The first-order valence-electron chi connectivity index (χ1n) is 29.3. The van der Waals surface area contributed by atoms with E-state index in [0.29, 0.717) is 42.1 Å². The highest BCUT2D eigenvalue weighted by molar-refractivity contribution is 7.47. The predicted molar refractivity (Wildman–Crippen MR) is 334 cm³/mol. The molecule has 2 fully saturated rings. The summed E-state index contributed by atoms with van der Waals surface area (Å²) in [6.07, 6.45) is -0.218. The molecule has 0 aliphatic carbocycles. The third-order valence-electron chi connectivity index (χ3n) is 16.1. The minimum absolute atomic E-state index is 0.0000476. The molecule has 8 atom stereocenters. The summed E-state index contributed by atoms with van der Waals surface area (Å²) in [5.74, 6) is 1.21. The molecule has 0 amide bonds. The van der Waals surface area contributed by atoms with Crippen LogP contribution < -0.4 is 53.4 Å². The monoisotopic (exact) mass is 1230 g/mol. The van der Waals surface area contributed by atoms with Gasteiger partial charge < -0.3 is 44.1 Å². The minimum atomic E-state index is -5.31. The van der Waals surface area contributed by atoms with Gasteiger partial charge in [0.25, 0.3) is 19.4 Å². The van der Waals surface area contributed by atoms with Crippen molar-refractivity contribution in [3.8, 4) is 11.5 Å². The normalized spacial score (nSPS) is 20.1. The molecule has 1 unspecified atom stereocenters. The van der Waals surface area contributed by atoms with E-state index in [1.165, 1.54) is 21.5 Å². The lowest BCUT2D eigenvalue weighted by atomic mass is 9.80. The van der Waals surface area contributed by atoms with E-state index in [1.807, 2.05) is 152 Å². The van der Waals surface area contributed by atoms with Crippen molar-refractivity contribution >= 4 is 26.5 Å². The first kappa shape index (κ1) is 64.4. The van der Waals surface area contributed by atoms with Crippen LogP contribution in [0.3, 0.4) is 0 Å². The average Bonchev–Trinajstić information content (AvgIpc) is 1.63.